The number of rotatable bonds is 7. The molecule has 1 N–H and O–H groups in total. The molecule has 2 rings (SSSR count). The second kappa shape index (κ2) is 8.89. The van der Waals surface area contributed by atoms with Crippen LogP contribution >= 0.6 is 0 Å². The molecule has 5 heteroatoms. The molecule has 122 valence electrons. The van der Waals surface area contributed by atoms with Gasteiger partial charge in [0.1, 0.15) is 5.75 Å². The van der Waals surface area contributed by atoms with Gasteiger partial charge in [-0.3, -0.25) is 9.00 Å². The molecule has 0 aromatic heterocycles. The van der Waals surface area contributed by atoms with E-state index in [2.05, 4.69) is 12.2 Å². The summed E-state index contributed by atoms with van der Waals surface area (Å²) in [5.41, 5.74) is 0. The lowest BCUT2D eigenvalue weighted by Crippen LogP contribution is -2.35. The summed E-state index contributed by atoms with van der Waals surface area (Å²) in [6.45, 7) is 3.34. The third kappa shape index (κ3) is 5.70. The normalized spacial score (nSPS) is 28.4. The fourth-order valence-electron chi connectivity index (χ4n) is 3.38. The number of carbonyl (C=O) groups is 1. The van der Waals surface area contributed by atoms with Gasteiger partial charge in [-0.25, -0.2) is 0 Å². The van der Waals surface area contributed by atoms with Crippen LogP contribution in [0, 0.1) is 5.92 Å². The Bertz CT molecular complexity index is 355. The van der Waals surface area contributed by atoms with E-state index in [1.54, 1.807) is 0 Å². The second-order valence-corrected chi connectivity index (χ2v) is 8.17. The fraction of sp³-hybridized carbons (Fsp3) is 0.938. The first-order chi connectivity index (χ1) is 10.2. The number of nitrogens with one attached hydrogen (secondary N) is 1. The summed E-state index contributed by atoms with van der Waals surface area (Å²) in [7, 11) is -0.994. The number of hydrogen-bond donors (Lipinski definition) is 1. The molecule has 4 nitrogen and oxygen atoms in total. The molecule has 0 saturated heterocycles. The zero-order chi connectivity index (χ0) is 15.1. The highest BCUT2D eigenvalue weighted by molar-refractivity contribution is 7.86. The molecule has 21 heavy (non-hydrogen) atoms. The van der Waals surface area contributed by atoms with Crippen molar-refractivity contribution < 1.29 is 13.7 Å². The zero-order valence-electron chi connectivity index (χ0n) is 13.1. The zero-order valence-corrected chi connectivity index (χ0v) is 14.0. The van der Waals surface area contributed by atoms with Crippen LogP contribution in [0.4, 0.5) is 0 Å². The van der Waals surface area contributed by atoms with E-state index in [0.717, 1.165) is 32.1 Å². The van der Waals surface area contributed by atoms with E-state index in [9.17, 15) is 9.00 Å². The summed E-state index contributed by atoms with van der Waals surface area (Å²) >= 11 is 0. The number of amides is 1. The van der Waals surface area contributed by atoms with E-state index in [1.807, 2.05) is 0 Å². The Morgan fingerprint density at radius 2 is 1.81 bits per heavy atom. The Labute approximate surface area is 130 Å². The summed E-state index contributed by atoms with van der Waals surface area (Å²) in [5, 5.41) is 3.08. The quantitative estimate of drug-likeness (QED) is 0.734. The van der Waals surface area contributed by atoms with Gasteiger partial charge in [0.25, 0.3) is 0 Å². The molecule has 0 bridgehead atoms. The van der Waals surface area contributed by atoms with Crippen LogP contribution in [0.3, 0.4) is 0 Å². The van der Waals surface area contributed by atoms with Gasteiger partial charge in [-0.1, -0.05) is 32.6 Å². The van der Waals surface area contributed by atoms with Crippen molar-refractivity contribution in [3.05, 3.63) is 0 Å². The molecule has 2 saturated carbocycles. The summed E-state index contributed by atoms with van der Waals surface area (Å²) < 4.78 is 17.9. The number of hydrogen-bond acceptors (Lipinski definition) is 3. The Morgan fingerprint density at radius 1 is 1.14 bits per heavy atom. The molecule has 2 aliphatic rings. The molecule has 0 aromatic rings. The first kappa shape index (κ1) is 16.9. The van der Waals surface area contributed by atoms with E-state index in [1.165, 1.54) is 19.3 Å². The van der Waals surface area contributed by atoms with Gasteiger partial charge in [0.2, 0.25) is 5.91 Å². The van der Waals surface area contributed by atoms with E-state index in [-0.39, 0.29) is 16.9 Å². The average Bonchev–Trinajstić information content (AvgIpc) is 2.99. The molecule has 0 aliphatic heterocycles. The van der Waals surface area contributed by atoms with Crippen molar-refractivity contribution in [2.45, 2.75) is 69.6 Å². The van der Waals surface area contributed by atoms with Gasteiger partial charge in [-0.15, -0.1) is 0 Å². The van der Waals surface area contributed by atoms with Crippen molar-refractivity contribution >= 4 is 16.7 Å². The molecule has 3 atom stereocenters. The molecule has 0 heterocycles. The Morgan fingerprint density at radius 3 is 2.52 bits per heavy atom. The van der Waals surface area contributed by atoms with E-state index in [4.69, 9.17) is 4.74 Å². The lowest BCUT2D eigenvalue weighted by Gasteiger charge is -2.28. The Balaban J connectivity index is 1.55. The van der Waals surface area contributed by atoms with E-state index < -0.39 is 10.8 Å². The highest BCUT2D eigenvalue weighted by atomic mass is 32.2. The largest absolute Gasteiger partial charge is 0.376 e. The van der Waals surface area contributed by atoms with E-state index >= 15 is 0 Å². The minimum Gasteiger partial charge on any atom is -0.376 e. The summed E-state index contributed by atoms with van der Waals surface area (Å²) in [6, 6.07) is 0. The van der Waals surface area contributed by atoms with Crippen molar-refractivity contribution in [1.82, 2.24) is 5.32 Å². The molecule has 0 aromatic carbocycles. The van der Waals surface area contributed by atoms with Gasteiger partial charge in [0.05, 0.1) is 12.7 Å². The van der Waals surface area contributed by atoms with Crippen molar-refractivity contribution in [2.24, 2.45) is 5.92 Å². The Hall–Kier alpha value is -0.420. The molecule has 0 radical (unpaired) electrons. The highest BCUT2D eigenvalue weighted by Gasteiger charge is 2.23. The van der Waals surface area contributed by atoms with Crippen LogP contribution in [0.25, 0.3) is 0 Å². The van der Waals surface area contributed by atoms with Crippen LogP contribution in [0.1, 0.15) is 58.3 Å². The third-order valence-corrected chi connectivity index (χ3v) is 6.50. The van der Waals surface area contributed by atoms with E-state index in [0.29, 0.717) is 25.2 Å². The maximum Gasteiger partial charge on any atom is 0.232 e. The monoisotopic (exact) mass is 315 g/mol. The lowest BCUT2D eigenvalue weighted by molar-refractivity contribution is -0.119. The van der Waals surface area contributed by atoms with Crippen molar-refractivity contribution in [3.63, 3.8) is 0 Å². The van der Waals surface area contributed by atoms with Gasteiger partial charge < -0.3 is 10.1 Å². The number of ether oxygens (including phenoxy) is 1. The maximum absolute atomic E-state index is 12.0. The molecule has 2 fully saturated rings. The van der Waals surface area contributed by atoms with Gasteiger partial charge in [-0.05, 0) is 31.6 Å². The van der Waals surface area contributed by atoms with Gasteiger partial charge in [0, 0.05) is 22.6 Å². The van der Waals surface area contributed by atoms with Crippen LogP contribution in [0.15, 0.2) is 0 Å². The third-order valence-electron chi connectivity index (χ3n) is 4.74. The molecule has 2 aliphatic carbocycles. The number of carbonyl (C=O) groups excluding carboxylic acids is 1. The first-order valence-electron chi connectivity index (χ1n) is 8.42. The molecular weight excluding hydrogens is 286 g/mol. The standard InChI is InChI=1S/C16H29NO3S/c1-13-6-2-5-9-15(13)20-11-10-17-16(18)12-21(19)14-7-3-4-8-14/h13-15H,2-12H2,1H3,(H,17,18)/t13-,15+,21-/m1/s1. The topological polar surface area (TPSA) is 55.4 Å². The maximum atomic E-state index is 12.0. The van der Waals surface area contributed by atoms with Crippen molar-refractivity contribution in [2.75, 3.05) is 18.9 Å². The lowest BCUT2D eigenvalue weighted by atomic mass is 9.88. The smallest absolute Gasteiger partial charge is 0.232 e. The van der Waals surface area contributed by atoms with Crippen LogP contribution in [-0.4, -0.2) is 40.4 Å². The fourth-order valence-corrected chi connectivity index (χ4v) is 4.84. The summed E-state index contributed by atoms with van der Waals surface area (Å²) in [4.78, 5) is 11.8. The molecular formula is C16H29NO3S. The molecule has 1 amide bonds. The summed E-state index contributed by atoms with van der Waals surface area (Å²) in [5.74, 6) is 0.690. The molecule has 0 unspecified atom stereocenters. The minimum absolute atomic E-state index is 0.0967. The highest BCUT2D eigenvalue weighted by Crippen LogP contribution is 2.26. The van der Waals surface area contributed by atoms with Gasteiger partial charge in [-0.2, -0.15) is 0 Å². The first-order valence-corrected chi connectivity index (χ1v) is 9.80. The average molecular weight is 315 g/mol. The van der Waals surface area contributed by atoms with Gasteiger partial charge >= 0.3 is 0 Å². The van der Waals surface area contributed by atoms with Crippen LogP contribution in [0.2, 0.25) is 0 Å². The Kier molecular flexibility index (Phi) is 7.17. The minimum atomic E-state index is -0.994. The van der Waals surface area contributed by atoms with Crippen molar-refractivity contribution in [1.29, 1.82) is 0 Å². The SMILES string of the molecule is C[C@@H]1CCCC[C@@H]1OCCNC(=O)C[S@@](=O)C1CCCC1. The van der Waals surface area contributed by atoms with Crippen molar-refractivity contribution in [3.8, 4) is 0 Å². The second-order valence-electron chi connectivity index (χ2n) is 6.45. The van der Waals surface area contributed by atoms with Crippen LogP contribution in [0.5, 0.6) is 0 Å². The van der Waals surface area contributed by atoms with Gasteiger partial charge in [0.15, 0.2) is 0 Å². The molecule has 0 spiro atoms. The van der Waals surface area contributed by atoms with Crippen LogP contribution < -0.4 is 5.32 Å². The van der Waals surface area contributed by atoms with Crippen LogP contribution in [-0.2, 0) is 20.3 Å². The predicted molar refractivity (Wildman–Crippen MR) is 85.6 cm³/mol. The predicted octanol–water partition coefficient (Wildman–Crippen LogP) is 2.39. The summed E-state index contributed by atoms with van der Waals surface area (Å²) in [6.07, 6.45) is 9.65.